The van der Waals surface area contributed by atoms with Crippen LogP contribution in [-0.4, -0.2) is 29.2 Å². The highest BCUT2D eigenvalue weighted by atomic mass is 16.4. The molecular formula is C16H24N2O3. The normalized spacial score (nSPS) is 14.8. The zero-order chi connectivity index (χ0) is 15.8. The molecule has 0 aliphatic rings. The minimum Gasteiger partial charge on any atom is -0.480 e. The van der Waals surface area contributed by atoms with Gasteiger partial charge in [0.2, 0.25) is 0 Å². The van der Waals surface area contributed by atoms with Gasteiger partial charge in [-0.05, 0) is 24.8 Å². The Balaban J connectivity index is 2.50. The van der Waals surface area contributed by atoms with Crippen LogP contribution in [0.4, 0.5) is 4.79 Å². The second-order valence-electron chi connectivity index (χ2n) is 5.41. The Morgan fingerprint density at radius 1 is 1.14 bits per heavy atom. The Kier molecular flexibility index (Phi) is 6.72. The molecule has 1 aromatic rings. The Hall–Kier alpha value is -2.04. The molecule has 1 rings (SSSR count). The molecule has 0 aliphatic heterocycles. The van der Waals surface area contributed by atoms with Gasteiger partial charge in [0, 0.05) is 6.04 Å². The van der Waals surface area contributed by atoms with Crippen LogP contribution in [0.15, 0.2) is 30.3 Å². The topological polar surface area (TPSA) is 78.4 Å². The van der Waals surface area contributed by atoms with Gasteiger partial charge in [0.1, 0.15) is 6.04 Å². The highest BCUT2D eigenvalue weighted by Crippen LogP contribution is 2.08. The maximum atomic E-state index is 11.9. The Morgan fingerprint density at radius 3 is 2.29 bits per heavy atom. The van der Waals surface area contributed by atoms with Crippen molar-refractivity contribution in [2.75, 3.05) is 0 Å². The summed E-state index contributed by atoms with van der Waals surface area (Å²) < 4.78 is 0. The molecule has 1 aromatic carbocycles. The van der Waals surface area contributed by atoms with E-state index < -0.39 is 18.0 Å². The van der Waals surface area contributed by atoms with Crippen molar-refractivity contribution in [3.8, 4) is 0 Å². The van der Waals surface area contributed by atoms with Crippen molar-refractivity contribution in [1.29, 1.82) is 0 Å². The molecule has 0 saturated carbocycles. The third-order valence-electron chi connectivity index (χ3n) is 3.53. The molecule has 3 atom stereocenters. The Morgan fingerprint density at radius 2 is 1.76 bits per heavy atom. The highest BCUT2D eigenvalue weighted by molar-refractivity contribution is 5.82. The number of hydrogen-bond acceptors (Lipinski definition) is 2. The molecular weight excluding hydrogens is 268 g/mol. The van der Waals surface area contributed by atoms with Crippen LogP contribution < -0.4 is 10.6 Å². The van der Waals surface area contributed by atoms with E-state index in [2.05, 4.69) is 10.6 Å². The summed E-state index contributed by atoms with van der Waals surface area (Å²) in [6.07, 6.45) is 1.39. The average molecular weight is 292 g/mol. The van der Waals surface area contributed by atoms with Crippen molar-refractivity contribution >= 4 is 12.0 Å². The van der Waals surface area contributed by atoms with Crippen molar-refractivity contribution in [3.05, 3.63) is 35.9 Å². The molecule has 5 heteroatoms. The molecule has 116 valence electrons. The fourth-order valence-corrected chi connectivity index (χ4v) is 2.11. The van der Waals surface area contributed by atoms with E-state index in [9.17, 15) is 9.59 Å². The molecule has 5 nitrogen and oxygen atoms in total. The van der Waals surface area contributed by atoms with Crippen LogP contribution in [0.1, 0.15) is 32.8 Å². The monoisotopic (exact) mass is 292 g/mol. The Labute approximate surface area is 125 Å². The lowest BCUT2D eigenvalue weighted by Gasteiger charge is -2.22. The number of aliphatic carboxylic acids is 1. The summed E-state index contributed by atoms with van der Waals surface area (Å²) in [7, 11) is 0. The minimum absolute atomic E-state index is 0.0706. The van der Waals surface area contributed by atoms with Crippen LogP contribution in [-0.2, 0) is 11.2 Å². The van der Waals surface area contributed by atoms with Crippen LogP contribution in [0.5, 0.6) is 0 Å². The number of hydrogen-bond donors (Lipinski definition) is 3. The van der Waals surface area contributed by atoms with Crippen LogP contribution >= 0.6 is 0 Å². The molecule has 0 heterocycles. The molecule has 21 heavy (non-hydrogen) atoms. The average Bonchev–Trinajstić information content (AvgIpc) is 2.44. The van der Waals surface area contributed by atoms with E-state index in [-0.39, 0.29) is 12.0 Å². The van der Waals surface area contributed by atoms with E-state index in [4.69, 9.17) is 5.11 Å². The summed E-state index contributed by atoms with van der Waals surface area (Å²) in [6, 6.07) is 8.46. The number of amides is 2. The van der Waals surface area contributed by atoms with E-state index in [1.807, 2.05) is 51.1 Å². The number of carbonyl (C=O) groups is 2. The zero-order valence-corrected chi connectivity index (χ0v) is 12.8. The predicted molar refractivity (Wildman–Crippen MR) is 82.2 cm³/mol. The van der Waals surface area contributed by atoms with Gasteiger partial charge in [0.15, 0.2) is 0 Å². The predicted octanol–water partition coefficient (Wildman–Crippen LogP) is 2.42. The highest BCUT2D eigenvalue weighted by Gasteiger charge is 2.25. The summed E-state index contributed by atoms with van der Waals surface area (Å²) in [5.74, 6) is -1.12. The number of benzene rings is 1. The maximum Gasteiger partial charge on any atom is 0.326 e. The minimum atomic E-state index is -1.00. The number of carboxylic acid groups (broad SMARTS) is 1. The second-order valence-corrected chi connectivity index (χ2v) is 5.41. The lowest BCUT2D eigenvalue weighted by atomic mass is 9.99. The first-order valence-corrected chi connectivity index (χ1v) is 7.27. The second kappa shape index (κ2) is 8.29. The van der Waals surface area contributed by atoms with Gasteiger partial charge in [-0.2, -0.15) is 0 Å². The third kappa shape index (κ3) is 5.85. The smallest absolute Gasteiger partial charge is 0.326 e. The molecule has 0 fully saturated rings. The molecule has 0 aromatic heterocycles. The van der Waals surface area contributed by atoms with Gasteiger partial charge in [-0.25, -0.2) is 9.59 Å². The van der Waals surface area contributed by atoms with Gasteiger partial charge in [0.05, 0.1) is 0 Å². The molecule has 0 spiro atoms. The van der Waals surface area contributed by atoms with Crippen LogP contribution in [0, 0.1) is 5.92 Å². The lowest BCUT2D eigenvalue weighted by molar-refractivity contribution is -0.140. The van der Waals surface area contributed by atoms with E-state index in [1.165, 1.54) is 0 Å². The van der Waals surface area contributed by atoms with E-state index in [0.29, 0.717) is 12.8 Å². The van der Waals surface area contributed by atoms with Crippen molar-refractivity contribution in [3.63, 3.8) is 0 Å². The number of urea groups is 1. The summed E-state index contributed by atoms with van der Waals surface area (Å²) >= 11 is 0. The van der Waals surface area contributed by atoms with E-state index >= 15 is 0 Å². The first-order chi connectivity index (χ1) is 9.93. The van der Waals surface area contributed by atoms with Crippen molar-refractivity contribution < 1.29 is 14.7 Å². The first-order valence-electron chi connectivity index (χ1n) is 7.27. The van der Waals surface area contributed by atoms with Gasteiger partial charge >= 0.3 is 12.0 Å². The quantitative estimate of drug-likeness (QED) is 0.722. The van der Waals surface area contributed by atoms with Gasteiger partial charge in [-0.15, -0.1) is 0 Å². The zero-order valence-electron chi connectivity index (χ0n) is 12.8. The summed E-state index contributed by atoms with van der Waals surface area (Å²) in [4.78, 5) is 23.1. The number of carboxylic acids is 1. The van der Waals surface area contributed by atoms with E-state index in [0.717, 1.165) is 5.56 Å². The van der Waals surface area contributed by atoms with Crippen molar-refractivity contribution in [2.45, 2.75) is 45.7 Å². The van der Waals surface area contributed by atoms with Gasteiger partial charge in [-0.1, -0.05) is 50.6 Å². The van der Waals surface area contributed by atoms with Gasteiger partial charge in [-0.3, -0.25) is 0 Å². The molecule has 2 amide bonds. The summed E-state index contributed by atoms with van der Waals surface area (Å²) in [6.45, 7) is 5.61. The van der Waals surface area contributed by atoms with Gasteiger partial charge < -0.3 is 15.7 Å². The molecule has 0 radical (unpaired) electrons. The lowest BCUT2D eigenvalue weighted by Crippen LogP contribution is -2.51. The van der Waals surface area contributed by atoms with E-state index in [1.54, 1.807) is 0 Å². The van der Waals surface area contributed by atoms with Crippen LogP contribution in [0.25, 0.3) is 0 Å². The maximum absolute atomic E-state index is 11.9. The number of rotatable bonds is 7. The Bertz CT molecular complexity index is 462. The fraction of sp³-hybridized carbons (Fsp3) is 0.500. The summed E-state index contributed by atoms with van der Waals surface area (Å²) in [5.41, 5.74) is 1.13. The van der Waals surface area contributed by atoms with Gasteiger partial charge in [0.25, 0.3) is 0 Å². The molecule has 0 bridgehead atoms. The number of carbonyl (C=O) groups excluding carboxylic acids is 1. The number of nitrogens with one attached hydrogen (secondary N) is 2. The third-order valence-corrected chi connectivity index (χ3v) is 3.53. The largest absolute Gasteiger partial charge is 0.480 e. The van der Waals surface area contributed by atoms with Crippen molar-refractivity contribution in [2.24, 2.45) is 5.92 Å². The summed E-state index contributed by atoms with van der Waals surface area (Å²) in [5, 5.41) is 14.5. The fourth-order valence-electron chi connectivity index (χ4n) is 2.11. The molecule has 0 saturated heterocycles. The standard InChI is InChI=1S/C16H24N2O3/c1-4-11(2)14(15(19)20)18-16(21)17-12(3)10-13-8-6-5-7-9-13/h5-9,11-12,14H,4,10H2,1-3H3,(H,19,20)(H2,17,18,21). The van der Waals surface area contributed by atoms with Crippen LogP contribution in [0.3, 0.4) is 0 Å². The SMILES string of the molecule is CCC(C)C(NC(=O)NC(C)Cc1ccccc1)C(=O)O. The molecule has 3 N–H and O–H groups in total. The molecule has 3 unspecified atom stereocenters. The first kappa shape index (κ1) is 17.0. The van der Waals surface area contributed by atoms with Crippen LogP contribution in [0.2, 0.25) is 0 Å². The van der Waals surface area contributed by atoms with Crippen molar-refractivity contribution in [1.82, 2.24) is 10.6 Å². The molecule has 0 aliphatic carbocycles.